The minimum atomic E-state index is -3.30. The zero-order valence-corrected chi connectivity index (χ0v) is 12.2. The average molecular weight is 281 g/mol. The van der Waals surface area contributed by atoms with Crippen LogP contribution in [0.5, 0.6) is 0 Å². The second-order valence-electron chi connectivity index (χ2n) is 4.87. The summed E-state index contributed by atoms with van der Waals surface area (Å²) in [6.45, 7) is 3.99. The fraction of sp³-hybridized carbons (Fsp3) is 0.462. The van der Waals surface area contributed by atoms with Gasteiger partial charge >= 0.3 is 0 Å². The predicted octanol–water partition coefficient (Wildman–Crippen LogP) is 1.94. The second kappa shape index (κ2) is 4.61. The van der Waals surface area contributed by atoms with E-state index in [0.29, 0.717) is 16.9 Å². The fourth-order valence-corrected chi connectivity index (χ4v) is 2.96. The van der Waals surface area contributed by atoms with E-state index in [2.05, 4.69) is 9.97 Å². The third-order valence-corrected chi connectivity index (χ3v) is 4.74. The molecule has 2 rings (SSSR count). The van der Waals surface area contributed by atoms with Crippen molar-refractivity contribution in [2.45, 2.75) is 37.1 Å². The minimum absolute atomic E-state index is 0.238. The molecule has 0 bridgehead atoms. The molecule has 3 N–H and O–H groups in total. The summed E-state index contributed by atoms with van der Waals surface area (Å²) in [5.41, 5.74) is 6.92. The quantitative estimate of drug-likeness (QED) is 0.896. The zero-order valence-electron chi connectivity index (χ0n) is 11.4. The van der Waals surface area contributed by atoms with E-state index in [1.807, 2.05) is 19.9 Å². The summed E-state index contributed by atoms with van der Waals surface area (Å²) in [7, 11) is -3.30. The van der Waals surface area contributed by atoms with Crippen molar-refractivity contribution in [2.75, 3.05) is 6.26 Å². The summed E-state index contributed by atoms with van der Waals surface area (Å²) in [5.74, 6) is 0.642. The lowest BCUT2D eigenvalue weighted by Gasteiger charge is -2.23. The maximum atomic E-state index is 11.8. The molecule has 0 fully saturated rings. The van der Waals surface area contributed by atoms with Crippen LogP contribution in [0.25, 0.3) is 11.0 Å². The Balaban J connectivity index is 2.71. The third kappa shape index (κ3) is 2.37. The SMILES string of the molecule is CCC(N)(CC)c1nc2c(S(C)(=O)=O)cccc2[nH]1. The number of hydrogen-bond donors (Lipinski definition) is 2. The number of benzene rings is 1. The van der Waals surface area contributed by atoms with Crippen LogP contribution in [0, 0.1) is 0 Å². The lowest BCUT2D eigenvalue weighted by Crippen LogP contribution is -2.36. The molecule has 1 aromatic carbocycles. The number of hydrogen-bond acceptors (Lipinski definition) is 4. The summed E-state index contributed by atoms with van der Waals surface area (Å²) in [6.07, 6.45) is 2.65. The van der Waals surface area contributed by atoms with Gasteiger partial charge in [-0.15, -0.1) is 0 Å². The fourth-order valence-electron chi connectivity index (χ4n) is 2.13. The van der Waals surface area contributed by atoms with Crippen LogP contribution in [-0.4, -0.2) is 24.6 Å². The van der Waals surface area contributed by atoms with Crippen molar-refractivity contribution >= 4 is 20.9 Å². The Labute approximate surface area is 113 Å². The van der Waals surface area contributed by atoms with Crippen LogP contribution < -0.4 is 5.73 Å². The summed E-state index contributed by atoms with van der Waals surface area (Å²) >= 11 is 0. The summed E-state index contributed by atoms with van der Waals surface area (Å²) < 4.78 is 23.5. The number of nitrogens with zero attached hydrogens (tertiary/aromatic N) is 1. The standard InChI is InChI=1S/C13H19N3O2S/c1-4-13(14,5-2)12-15-9-7-6-8-10(11(9)16-12)19(3,17)18/h6-8H,4-5,14H2,1-3H3,(H,15,16). The van der Waals surface area contributed by atoms with Gasteiger partial charge in [0, 0.05) is 6.26 Å². The number of rotatable bonds is 4. The number of nitrogens with two attached hydrogens (primary N) is 1. The molecule has 5 nitrogen and oxygen atoms in total. The highest BCUT2D eigenvalue weighted by Crippen LogP contribution is 2.28. The first kappa shape index (κ1) is 14.0. The predicted molar refractivity (Wildman–Crippen MR) is 75.7 cm³/mol. The molecule has 0 spiro atoms. The first-order valence-electron chi connectivity index (χ1n) is 6.30. The van der Waals surface area contributed by atoms with Crippen LogP contribution in [0.2, 0.25) is 0 Å². The Morgan fingerprint density at radius 1 is 1.32 bits per heavy atom. The van der Waals surface area contributed by atoms with Crippen LogP contribution in [0.3, 0.4) is 0 Å². The third-order valence-electron chi connectivity index (χ3n) is 3.61. The lowest BCUT2D eigenvalue weighted by molar-refractivity contribution is 0.391. The van der Waals surface area contributed by atoms with E-state index >= 15 is 0 Å². The van der Waals surface area contributed by atoms with E-state index in [9.17, 15) is 8.42 Å². The highest BCUT2D eigenvalue weighted by Gasteiger charge is 2.27. The van der Waals surface area contributed by atoms with Gasteiger partial charge in [0.1, 0.15) is 11.3 Å². The average Bonchev–Trinajstić information content (AvgIpc) is 2.80. The van der Waals surface area contributed by atoms with Gasteiger partial charge < -0.3 is 10.7 Å². The van der Waals surface area contributed by atoms with Gasteiger partial charge in [-0.25, -0.2) is 13.4 Å². The maximum absolute atomic E-state index is 11.8. The number of sulfone groups is 1. The molecule has 6 heteroatoms. The molecule has 2 aromatic rings. The molecule has 0 saturated carbocycles. The molecular weight excluding hydrogens is 262 g/mol. The van der Waals surface area contributed by atoms with E-state index in [0.717, 1.165) is 12.8 Å². The van der Waals surface area contributed by atoms with Crippen LogP contribution in [0.4, 0.5) is 0 Å². The molecule has 0 aliphatic carbocycles. The first-order valence-corrected chi connectivity index (χ1v) is 8.19. The number of fused-ring (bicyclic) bond motifs is 1. The van der Waals surface area contributed by atoms with E-state index < -0.39 is 15.4 Å². The Morgan fingerprint density at radius 2 is 1.95 bits per heavy atom. The van der Waals surface area contributed by atoms with Crippen molar-refractivity contribution in [3.8, 4) is 0 Å². The van der Waals surface area contributed by atoms with Crippen molar-refractivity contribution in [3.63, 3.8) is 0 Å². The van der Waals surface area contributed by atoms with Gasteiger partial charge in [-0.2, -0.15) is 0 Å². The highest BCUT2D eigenvalue weighted by atomic mass is 32.2. The van der Waals surface area contributed by atoms with Gasteiger partial charge in [-0.1, -0.05) is 19.9 Å². The molecule has 0 amide bonds. The Hall–Kier alpha value is -1.40. The number of aromatic amines is 1. The summed E-state index contributed by atoms with van der Waals surface area (Å²) in [6, 6.07) is 5.08. The molecule has 0 saturated heterocycles. The van der Waals surface area contributed by atoms with Gasteiger partial charge in [0.05, 0.1) is 16.0 Å². The van der Waals surface area contributed by atoms with Gasteiger partial charge in [0.2, 0.25) is 0 Å². The van der Waals surface area contributed by atoms with E-state index in [-0.39, 0.29) is 4.90 Å². The highest BCUT2D eigenvalue weighted by molar-refractivity contribution is 7.91. The van der Waals surface area contributed by atoms with Crippen LogP contribution >= 0.6 is 0 Å². The Bertz CT molecular complexity index is 700. The number of nitrogens with one attached hydrogen (secondary N) is 1. The molecule has 0 aliphatic heterocycles. The van der Waals surface area contributed by atoms with Crippen LogP contribution in [-0.2, 0) is 15.4 Å². The largest absolute Gasteiger partial charge is 0.340 e. The van der Waals surface area contributed by atoms with Gasteiger partial charge in [-0.05, 0) is 25.0 Å². The van der Waals surface area contributed by atoms with E-state index in [1.165, 1.54) is 6.26 Å². The van der Waals surface area contributed by atoms with Crippen molar-refractivity contribution in [1.29, 1.82) is 0 Å². The van der Waals surface area contributed by atoms with Gasteiger partial charge in [0.15, 0.2) is 9.84 Å². The number of H-pyrrole nitrogens is 1. The molecule has 104 valence electrons. The number of aromatic nitrogens is 2. The Morgan fingerprint density at radius 3 is 2.47 bits per heavy atom. The summed E-state index contributed by atoms with van der Waals surface area (Å²) in [5, 5.41) is 0. The zero-order chi connectivity index (χ0) is 14.3. The first-order chi connectivity index (χ1) is 8.81. The summed E-state index contributed by atoms with van der Waals surface area (Å²) in [4.78, 5) is 7.82. The smallest absolute Gasteiger partial charge is 0.177 e. The number of imidazole rings is 1. The topological polar surface area (TPSA) is 88.8 Å². The van der Waals surface area contributed by atoms with Gasteiger partial charge in [0.25, 0.3) is 0 Å². The van der Waals surface area contributed by atoms with Crippen molar-refractivity contribution in [2.24, 2.45) is 5.73 Å². The van der Waals surface area contributed by atoms with Crippen molar-refractivity contribution in [1.82, 2.24) is 9.97 Å². The molecular formula is C13H19N3O2S. The van der Waals surface area contributed by atoms with Crippen molar-refractivity contribution in [3.05, 3.63) is 24.0 Å². The van der Waals surface area contributed by atoms with E-state index in [4.69, 9.17) is 5.73 Å². The molecule has 0 radical (unpaired) electrons. The molecule has 1 heterocycles. The number of para-hydroxylation sites is 1. The van der Waals surface area contributed by atoms with Crippen LogP contribution in [0.15, 0.2) is 23.1 Å². The molecule has 0 aliphatic rings. The lowest BCUT2D eigenvalue weighted by atomic mass is 9.93. The Kier molecular flexibility index (Phi) is 3.40. The molecule has 0 atom stereocenters. The van der Waals surface area contributed by atoms with Gasteiger partial charge in [-0.3, -0.25) is 0 Å². The molecule has 0 unspecified atom stereocenters. The second-order valence-corrected chi connectivity index (χ2v) is 6.86. The van der Waals surface area contributed by atoms with Crippen LogP contribution in [0.1, 0.15) is 32.5 Å². The van der Waals surface area contributed by atoms with Crippen molar-refractivity contribution < 1.29 is 8.42 Å². The van der Waals surface area contributed by atoms with E-state index in [1.54, 1.807) is 12.1 Å². The maximum Gasteiger partial charge on any atom is 0.177 e. The monoisotopic (exact) mass is 281 g/mol. The molecule has 1 aromatic heterocycles. The normalized spacial score (nSPS) is 13.1. The molecule has 19 heavy (non-hydrogen) atoms. The minimum Gasteiger partial charge on any atom is -0.340 e.